The van der Waals surface area contributed by atoms with Crippen LogP contribution in [-0.4, -0.2) is 40.9 Å². The third kappa shape index (κ3) is 3.34. The largest absolute Gasteiger partial charge is 0.359 e. The standard InChI is InChI=1S/C11H20N4O/c1-8(5-11(16)12-3)15(4)6-10-9(2)13-7-14-10/h7-8H,5-6H2,1-4H3,(H,12,16)(H,13,14)/t8-/m0/s1. The van der Waals surface area contributed by atoms with Crippen molar-refractivity contribution < 1.29 is 4.79 Å². The Hall–Kier alpha value is -1.36. The Morgan fingerprint density at radius 2 is 2.38 bits per heavy atom. The van der Waals surface area contributed by atoms with E-state index in [9.17, 15) is 4.79 Å². The predicted molar refractivity (Wildman–Crippen MR) is 62.9 cm³/mol. The SMILES string of the molecule is CNC(=O)C[C@H](C)N(C)Cc1nc[nH]c1C. The number of aryl methyl sites for hydroxylation is 1. The minimum absolute atomic E-state index is 0.0677. The van der Waals surface area contributed by atoms with E-state index in [-0.39, 0.29) is 11.9 Å². The fourth-order valence-electron chi connectivity index (χ4n) is 1.46. The van der Waals surface area contributed by atoms with Gasteiger partial charge < -0.3 is 10.3 Å². The quantitative estimate of drug-likeness (QED) is 0.773. The molecule has 16 heavy (non-hydrogen) atoms. The van der Waals surface area contributed by atoms with E-state index in [1.54, 1.807) is 13.4 Å². The number of carbonyl (C=O) groups is 1. The molecule has 90 valence electrons. The van der Waals surface area contributed by atoms with Gasteiger partial charge in [-0.05, 0) is 20.9 Å². The molecule has 0 fully saturated rings. The molecule has 0 saturated heterocycles. The zero-order chi connectivity index (χ0) is 12.1. The van der Waals surface area contributed by atoms with Crippen LogP contribution in [0.1, 0.15) is 24.7 Å². The minimum Gasteiger partial charge on any atom is -0.359 e. The van der Waals surface area contributed by atoms with Gasteiger partial charge in [0.05, 0.1) is 12.0 Å². The van der Waals surface area contributed by atoms with Gasteiger partial charge in [0.1, 0.15) is 0 Å². The van der Waals surface area contributed by atoms with Gasteiger partial charge in [-0.2, -0.15) is 0 Å². The van der Waals surface area contributed by atoms with Gasteiger partial charge in [0.2, 0.25) is 5.91 Å². The first-order chi connectivity index (χ1) is 7.54. The van der Waals surface area contributed by atoms with Crippen molar-refractivity contribution in [2.45, 2.75) is 32.9 Å². The first-order valence-electron chi connectivity index (χ1n) is 5.44. The lowest BCUT2D eigenvalue weighted by atomic mass is 10.2. The van der Waals surface area contributed by atoms with Crippen LogP contribution < -0.4 is 5.32 Å². The van der Waals surface area contributed by atoms with Gasteiger partial charge in [-0.15, -0.1) is 0 Å². The maximum absolute atomic E-state index is 11.2. The van der Waals surface area contributed by atoms with E-state index in [1.165, 1.54) is 0 Å². The molecule has 1 aromatic rings. The van der Waals surface area contributed by atoms with E-state index in [2.05, 4.69) is 20.2 Å². The van der Waals surface area contributed by atoms with Crippen LogP contribution in [0.25, 0.3) is 0 Å². The number of nitrogens with one attached hydrogen (secondary N) is 2. The maximum Gasteiger partial charge on any atom is 0.221 e. The number of amides is 1. The molecule has 0 aliphatic carbocycles. The molecule has 5 heteroatoms. The third-order valence-corrected chi connectivity index (χ3v) is 2.85. The highest BCUT2D eigenvalue weighted by atomic mass is 16.1. The highest BCUT2D eigenvalue weighted by Crippen LogP contribution is 2.08. The van der Waals surface area contributed by atoms with E-state index in [0.717, 1.165) is 17.9 Å². The van der Waals surface area contributed by atoms with Crippen LogP contribution in [0, 0.1) is 6.92 Å². The number of H-pyrrole nitrogens is 1. The van der Waals surface area contributed by atoms with E-state index < -0.39 is 0 Å². The first-order valence-corrected chi connectivity index (χ1v) is 5.44. The third-order valence-electron chi connectivity index (χ3n) is 2.85. The summed E-state index contributed by atoms with van der Waals surface area (Å²) < 4.78 is 0. The van der Waals surface area contributed by atoms with Crippen LogP contribution in [0.3, 0.4) is 0 Å². The topological polar surface area (TPSA) is 61.0 Å². The Kier molecular flexibility index (Phi) is 4.49. The molecule has 1 atom stereocenters. The Morgan fingerprint density at radius 1 is 1.69 bits per heavy atom. The Morgan fingerprint density at radius 3 is 2.88 bits per heavy atom. The second-order valence-corrected chi connectivity index (χ2v) is 4.12. The summed E-state index contributed by atoms with van der Waals surface area (Å²) in [4.78, 5) is 20.6. The molecule has 1 amide bonds. The normalized spacial score (nSPS) is 12.8. The molecule has 5 nitrogen and oxygen atoms in total. The summed E-state index contributed by atoms with van der Waals surface area (Å²) in [5.41, 5.74) is 2.12. The van der Waals surface area contributed by atoms with E-state index in [0.29, 0.717) is 6.42 Å². The molecule has 0 saturated carbocycles. The van der Waals surface area contributed by atoms with Crippen molar-refractivity contribution in [1.82, 2.24) is 20.2 Å². The van der Waals surface area contributed by atoms with E-state index in [4.69, 9.17) is 0 Å². The summed E-state index contributed by atoms with van der Waals surface area (Å²) >= 11 is 0. The molecule has 0 bridgehead atoms. The number of imidazole rings is 1. The van der Waals surface area contributed by atoms with Crippen LogP contribution >= 0.6 is 0 Å². The van der Waals surface area contributed by atoms with Gasteiger partial charge in [-0.25, -0.2) is 4.98 Å². The molecule has 0 unspecified atom stereocenters. The van der Waals surface area contributed by atoms with Crippen molar-refractivity contribution in [1.29, 1.82) is 0 Å². The molecule has 0 radical (unpaired) electrons. The zero-order valence-corrected chi connectivity index (χ0v) is 10.4. The second kappa shape index (κ2) is 5.65. The van der Waals surface area contributed by atoms with Crippen molar-refractivity contribution in [3.8, 4) is 0 Å². The van der Waals surface area contributed by atoms with Crippen molar-refractivity contribution >= 4 is 5.91 Å². The van der Waals surface area contributed by atoms with Gasteiger partial charge >= 0.3 is 0 Å². The lowest BCUT2D eigenvalue weighted by molar-refractivity contribution is -0.121. The maximum atomic E-state index is 11.2. The number of hydrogen-bond donors (Lipinski definition) is 2. The van der Waals surface area contributed by atoms with Crippen LogP contribution in [0.2, 0.25) is 0 Å². The number of hydrogen-bond acceptors (Lipinski definition) is 3. The summed E-state index contributed by atoms with van der Waals surface area (Å²) in [5.74, 6) is 0.0677. The molecule has 2 N–H and O–H groups in total. The summed E-state index contributed by atoms with van der Waals surface area (Å²) in [6, 6.07) is 0.205. The van der Waals surface area contributed by atoms with Crippen LogP contribution in [0.4, 0.5) is 0 Å². The molecular weight excluding hydrogens is 204 g/mol. The highest BCUT2D eigenvalue weighted by Gasteiger charge is 2.14. The number of aromatic amines is 1. The Bertz CT molecular complexity index is 348. The monoisotopic (exact) mass is 224 g/mol. The van der Waals surface area contributed by atoms with Crippen molar-refractivity contribution in [2.24, 2.45) is 0 Å². The molecule has 0 aliphatic rings. The molecule has 1 heterocycles. The Labute approximate surface area is 96.3 Å². The van der Waals surface area contributed by atoms with Gasteiger partial charge in [0, 0.05) is 31.7 Å². The number of nitrogens with zero attached hydrogens (tertiary/aromatic N) is 2. The van der Waals surface area contributed by atoms with Crippen LogP contribution in [0.15, 0.2) is 6.33 Å². The average molecular weight is 224 g/mol. The molecule has 1 aromatic heterocycles. The lowest BCUT2D eigenvalue weighted by Crippen LogP contribution is -2.34. The summed E-state index contributed by atoms with van der Waals surface area (Å²) in [7, 11) is 3.66. The van der Waals surface area contributed by atoms with E-state index in [1.807, 2.05) is 20.9 Å². The van der Waals surface area contributed by atoms with Gasteiger partial charge in [-0.3, -0.25) is 9.69 Å². The Balaban J connectivity index is 2.49. The fraction of sp³-hybridized carbons (Fsp3) is 0.636. The minimum atomic E-state index is 0.0677. The van der Waals surface area contributed by atoms with Gasteiger partial charge in [0.15, 0.2) is 0 Å². The average Bonchev–Trinajstić information content (AvgIpc) is 2.64. The van der Waals surface area contributed by atoms with Crippen molar-refractivity contribution in [3.05, 3.63) is 17.7 Å². The summed E-state index contributed by atoms with van der Waals surface area (Å²) in [6.07, 6.45) is 2.21. The van der Waals surface area contributed by atoms with Gasteiger partial charge in [0.25, 0.3) is 0 Å². The molecule has 0 spiro atoms. The highest BCUT2D eigenvalue weighted by molar-refractivity contribution is 5.76. The summed E-state index contributed by atoms with van der Waals surface area (Å²) in [6.45, 7) is 4.80. The molecule has 1 rings (SSSR count). The predicted octanol–water partition coefficient (Wildman–Crippen LogP) is 0.675. The first kappa shape index (κ1) is 12.7. The van der Waals surface area contributed by atoms with Crippen molar-refractivity contribution in [3.63, 3.8) is 0 Å². The van der Waals surface area contributed by atoms with Crippen molar-refractivity contribution in [2.75, 3.05) is 14.1 Å². The van der Waals surface area contributed by atoms with Crippen LogP contribution in [-0.2, 0) is 11.3 Å². The van der Waals surface area contributed by atoms with Gasteiger partial charge in [-0.1, -0.05) is 0 Å². The van der Waals surface area contributed by atoms with E-state index >= 15 is 0 Å². The lowest BCUT2D eigenvalue weighted by Gasteiger charge is -2.23. The number of aromatic nitrogens is 2. The zero-order valence-electron chi connectivity index (χ0n) is 10.4. The second-order valence-electron chi connectivity index (χ2n) is 4.12. The number of carbonyl (C=O) groups excluding carboxylic acids is 1. The van der Waals surface area contributed by atoms with Crippen LogP contribution in [0.5, 0.6) is 0 Å². The molecule has 0 aliphatic heterocycles. The summed E-state index contributed by atoms with van der Waals surface area (Å²) in [5, 5.41) is 2.63. The fourth-order valence-corrected chi connectivity index (χ4v) is 1.46. The number of rotatable bonds is 5. The molecular formula is C11H20N4O. The smallest absolute Gasteiger partial charge is 0.221 e. The molecule has 0 aromatic carbocycles.